The highest BCUT2D eigenvalue weighted by atomic mass is 19.3. The molecule has 2 fully saturated rings. The summed E-state index contributed by atoms with van der Waals surface area (Å²) in [5.74, 6) is -4.00. The average Bonchev–Trinajstić information content (AvgIpc) is 3.30. The molecule has 1 saturated carbocycles. The molecule has 0 bridgehead atoms. The molecule has 6 heteroatoms. The molecule has 0 radical (unpaired) electrons. The number of rotatable bonds is 3. The molecule has 1 N–H and O–H groups in total. The molecule has 0 atom stereocenters. The summed E-state index contributed by atoms with van der Waals surface area (Å²) < 4.78 is 26.4. The second-order valence-corrected chi connectivity index (χ2v) is 5.99. The SMILES string of the molecule is O=C(O)c1cccc(C(=O)N2CCC(F)(F)CC2)c1C1CC1. The van der Waals surface area contributed by atoms with Crippen molar-refractivity contribution >= 4 is 11.9 Å². The molecule has 1 aromatic rings. The molecule has 1 aliphatic heterocycles. The van der Waals surface area contributed by atoms with Crippen LogP contribution in [0.1, 0.15) is 57.9 Å². The number of hydrogen-bond donors (Lipinski definition) is 1. The van der Waals surface area contributed by atoms with Gasteiger partial charge in [0.15, 0.2) is 0 Å². The molecule has 3 rings (SSSR count). The van der Waals surface area contributed by atoms with Crippen molar-refractivity contribution in [2.45, 2.75) is 37.5 Å². The molecule has 2 aliphatic rings. The number of nitrogens with zero attached hydrogens (tertiary/aromatic N) is 1. The van der Waals surface area contributed by atoms with Crippen LogP contribution in [0.4, 0.5) is 8.78 Å². The van der Waals surface area contributed by atoms with Gasteiger partial charge in [0.25, 0.3) is 11.8 Å². The van der Waals surface area contributed by atoms with E-state index in [4.69, 9.17) is 0 Å². The van der Waals surface area contributed by atoms with Crippen LogP contribution >= 0.6 is 0 Å². The number of carboxylic acids is 1. The Morgan fingerprint density at radius 1 is 1.14 bits per heavy atom. The molecule has 1 amide bonds. The zero-order valence-corrected chi connectivity index (χ0v) is 12.0. The number of amides is 1. The van der Waals surface area contributed by atoms with E-state index in [9.17, 15) is 23.5 Å². The summed E-state index contributed by atoms with van der Waals surface area (Å²) >= 11 is 0. The van der Waals surface area contributed by atoms with Crippen molar-refractivity contribution in [2.75, 3.05) is 13.1 Å². The maximum absolute atomic E-state index is 13.2. The fourth-order valence-corrected chi connectivity index (χ4v) is 2.96. The van der Waals surface area contributed by atoms with Crippen LogP contribution in [0.3, 0.4) is 0 Å². The minimum atomic E-state index is -2.71. The summed E-state index contributed by atoms with van der Waals surface area (Å²) in [5, 5.41) is 9.30. The van der Waals surface area contributed by atoms with Crippen LogP contribution in [0, 0.1) is 0 Å². The standard InChI is InChI=1S/C16H17F2NO3/c17-16(18)6-8-19(9-7-16)14(20)11-2-1-3-12(15(21)22)13(11)10-4-5-10/h1-3,10H,4-9H2,(H,21,22). The van der Waals surface area contributed by atoms with E-state index >= 15 is 0 Å². The van der Waals surface area contributed by atoms with Crippen molar-refractivity contribution in [1.82, 2.24) is 4.90 Å². The van der Waals surface area contributed by atoms with E-state index in [2.05, 4.69) is 0 Å². The number of carbonyl (C=O) groups is 2. The van der Waals surface area contributed by atoms with Gasteiger partial charge in [0.05, 0.1) is 5.56 Å². The summed E-state index contributed by atoms with van der Waals surface area (Å²) in [4.78, 5) is 25.4. The van der Waals surface area contributed by atoms with Gasteiger partial charge in [-0.25, -0.2) is 13.6 Å². The van der Waals surface area contributed by atoms with Crippen LogP contribution in [-0.2, 0) is 0 Å². The predicted octanol–water partition coefficient (Wildman–Crippen LogP) is 3.13. The van der Waals surface area contributed by atoms with Crippen molar-refractivity contribution < 1.29 is 23.5 Å². The van der Waals surface area contributed by atoms with Crippen molar-refractivity contribution in [3.63, 3.8) is 0 Å². The van der Waals surface area contributed by atoms with Crippen LogP contribution in [-0.4, -0.2) is 40.9 Å². The van der Waals surface area contributed by atoms with Crippen LogP contribution in [0.25, 0.3) is 0 Å². The van der Waals surface area contributed by atoms with Crippen LogP contribution < -0.4 is 0 Å². The van der Waals surface area contributed by atoms with Crippen LogP contribution in [0.5, 0.6) is 0 Å². The van der Waals surface area contributed by atoms with Crippen molar-refractivity contribution in [2.24, 2.45) is 0 Å². The van der Waals surface area contributed by atoms with Gasteiger partial charge in [-0.2, -0.15) is 0 Å². The predicted molar refractivity (Wildman–Crippen MR) is 75.5 cm³/mol. The smallest absolute Gasteiger partial charge is 0.335 e. The molecular weight excluding hydrogens is 292 g/mol. The highest BCUT2D eigenvalue weighted by Gasteiger charge is 2.38. The molecule has 0 aromatic heterocycles. The molecule has 0 unspecified atom stereocenters. The fourth-order valence-electron chi connectivity index (χ4n) is 2.96. The third-order valence-corrected chi connectivity index (χ3v) is 4.33. The lowest BCUT2D eigenvalue weighted by Crippen LogP contribution is -2.43. The molecule has 22 heavy (non-hydrogen) atoms. The zero-order valence-electron chi connectivity index (χ0n) is 12.0. The third kappa shape index (κ3) is 2.82. The Bertz CT molecular complexity index is 616. The first-order chi connectivity index (χ1) is 10.4. The summed E-state index contributed by atoms with van der Waals surface area (Å²) in [5.41, 5.74) is 1.07. The zero-order chi connectivity index (χ0) is 15.9. The summed E-state index contributed by atoms with van der Waals surface area (Å²) in [6, 6.07) is 4.65. The second-order valence-electron chi connectivity index (χ2n) is 5.99. The maximum Gasteiger partial charge on any atom is 0.335 e. The first-order valence-electron chi connectivity index (χ1n) is 7.42. The number of halogens is 2. The van der Waals surface area contributed by atoms with Gasteiger partial charge in [-0.3, -0.25) is 4.79 Å². The number of carboxylic acid groups (broad SMARTS) is 1. The molecule has 118 valence electrons. The average molecular weight is 309 g/mol. The van der Waals surface area contributed by atoms with Gasteiger partial charge in [-0.1, -0.05) is 6.07 Å². The Balaban J connectivity index is 1.90. The quantitative estimate of drug-likeness (QED) is 0.933. The lowest BCUT2D eigenvalue weighted by atomic mass is 9.95. The van der Waals surface area contributed by atoms with Gasteiger partial charge in [0, 0.05) is 31.5 Å². The number of aromatic carboxylic acids is 1. The normalized spacial score (nSPS) is 20.7. The first-order valence-corrected chi connectivity index (χ1v) is 7.42. The number of likely N-dealkylation sites (tertiary alicyclic amines) is 1. The Morgan fingerprint density at radius 3 is 2.27 bits per heavy atom. The van der Waals surface area contributed by atoms with Crippen molar-refractivity contribution in [1.29, 1.82) is 0 Å². The number of benzene rings is 1. The molecular formula is C16H17F2NO3. The van der Waals surface area contributed by atoms with Gasteiger partial charge in [0.2, 0.25) is 0 Å². The number of carbonyl (C=O) groups excluding carboxylic acids is 1. The van der Waals surface area contributed by atoms with E-state index in [1.165, 1.54) is 11.0 Å². The van der Waals surface area contributed by atoms with Crippen molar-refractivity contribution in [3.05, 3.63) is 34.9 Å². The Kier molecular flexibility index (Phi) is 3.62. The maximum atomic E-state index is 13.2. The fraction of sp³-hybridized carbons (Fsp3) is 0.500. The minimum absolute atomic E-state index is 0.00718. The van der Waals surface area contributed by atoms with Gasteiger partial charge in [-0.15, -0.1) is 0 Å². The van der Waals surface area contributed by atoms with Gasteiger partial charge in [-0.05, 0) is 36.5 Å². The lowest BCUT2D eigenvalue weighted by Gasteiger charge is -2.32. The third-order valence-electron chi connectivity index (χ3n) is 4.33. The molecule has 1 aromatic carbocycles. The Morgan fingerprint density at radius 2 is 1.73 bits per heavy atom. The largest absolute Gasteiger partial charge is 0.478 e. The topological polar surface area (TPSA) is 57.6 Å². The molecule has 1 saturated heterocycles. The van der Waals surface area contributed by atoms with Crippen LogP contribution in [0.15, 0.2) is 18.2 Å². The minimum Gasteiger partial charge on any atom is -0.478 e. The molecule has 1 heterocycles. The number of alkyl halides is 2. The van der Waals surface area contributed by atoms with E-state index in [0.717, 1.165) is 12.8 Å². The van der Waals surface area contributed by atoms with Gasteiger partial charge in [0.1, 0.15) is 0 Å². The Labute approximate surface area is 126 Å². The molecule has 4 nitrogen and oxygen atoms in total. The summed E-state index contributed by atoms with van der Waals surface area (Å²) in [6.07, 6.45) is 1.05. The van der Waals surface area contributed by atoms with Gasteiger partial charge < -0.3 is 10.0 Å². The number of hydrogen-bond acceptors (Lipinski definition) is 2. The monoisotopic (exact) mass is 309 g/mol. The van der Waals surface area contributed by atoms with Crippen LogP contribution in [0.2, 0.25) is 0 Å². The van der Waals surface area contributed by atoms with E-state index in [0.29, 0.717) is 11.1 Å². The summed E-state index contributed by atoms with van der Waals surface area (Å²) in [7, 11) is 0. The first kappa shape index (κ1) is 14.9. The molecule has 1 aliphatic carbocycles. The second kappa shape index (κ2) is 5.34. The van der Waals surface area contributed by atoms with E-state index in [1.54, 1.807) is 12.1 Å². The van der Waals surface area contributed by atoms with E-state index in [1.807, 2.05) is 0 Å². The highest BCUT2D eigenvalue weighted by Crippen LogP contribution is 2.44. The highest BCUT2D eigenvalue weighted by molar-refractivity contribution is 6.00. The summed E-state index contributed by atoms with van der Waals surface area (Å²) in [6.45, 7) is 0.0144. The van der Waals surface area contributed by atoms with E-state index in [-0.39, 0.29) is 43.3 Å². The number of piperidine rings is 1. The van der Waals surface area contributed by atoms with Gasteiger partial charge >= 0.3 is 5.97 Å². The molecule has 0 spiro atoms. The Hall–Kier alpha value is -1.98. The lowest BCUT2D eigenvalue weighted by molar-refractivity contribution is -0.0494. The van der Waals surface area contributed by atoms with Crippen molar-refractivity contribution in [3.8, 4) is 0 Å². The van der Waals surface area contributed by atoms with E-state index < -0.39 is 11.9 Å².